The van der Waals surface area contributed by atoms with Crippen LogP contribution in [0.25, 0.3) is 10.8 Å². The van der Waals surface area contributed by atoms with Crippen LogP contribution < -0.4 is 21.2 Å². The summed E-state index contributed by atoms with van der Waals surface area (Å²) in [6.07, 6.45) is 0. The Labute approximate surface area is 134 Å². The van der Waals surface area contributed by atoms with E-state index >= 15 is 0 Å². The van der Waals surface area contributed by atoms with Gasteiger partial charge in [-0.15, -0.1) is 0 Å². The van der Waals surface area contributed by atoms with Gasteiger partial charge in [0.15, 0.2) is 6.61 Å². The monoisotopic (exact) mass is 329 g/mol. The van der Waals surface area contributed by atoms with Crippen molar-refractivity contribution >= 4 is 22.4 Å². The Morgan fingerprint density at radius 3 is 2.38 bits per heavy atom. The number of halogens is 1. The van der Waals surface area contributed by atoms with E-state index in [1.165, 1.54) is 42.5 Å². The van der Waals surface area contributed by atoms with Crippen molar-refractivity contribution in [2.45, 2.75) is 0 Å². The minimum Gasteiger partial charge on any atom is -0.484 e. The Bertz CT molecular complexity index is 1010. The maximum absolute atomic E-state index is 12.8. The number of rotatable bonds is 4. The zero-order valence-corrected chi connectivity index (χ0v) is 12.3. The summed E-state index contributed by atoms with van der Waals surface area (Å²) < 4.78 is 18.0. The molecule has 1 heterocycles. The molecular weight excluding hydrogens is 317 g/mol. The Kier molecular flexibility index (Phi) is 4.11. The fraction of sp³-hybridized carbons (Fsp3) is 0.0625. The Balaban J connectivity index is 1.71. The van der Waals surface area contributed by atoms with Crippen LogP contribution in [-0.2, 0) is 4.79 Å². The first-order valence-electron chi connectivity index (χ1n) is 6.96. The maximum atomic E-state index is 12.8. The number of hydrogen-bond donors (Lipinski definition) is 3. The van der Waals surface area contributed by atoms with E-state index in [9.17, 15) is 18.8 Å². The molecule has 7 nitrogen and oxygen atoms in total. The Morgan fingerprint density at radius 2 is 1.67 bits per heavy atom. The largest absolute Gasteiger partial charge is 0.484 e. The molecule has 0 aliphatic carbocycles. The summed E-state index contributed by atoms with van der Waals surface area (Å²) in [6, 6.07) is 9.61. The van der Waals surface area contributed by atoms with Crippen LogP contribution in [0.5, 0.6) is 5.75 Å². The zero-order valence-electron chi connectivity index (χ0n) is 12.3. The number of anilines is 1. The molecule has 0 spiro atoms. The van der Waals surface area contributed by atoms with Gasteiger partial charge in [-0.1, -0.05) is 0 Å². The summed E-state index contributed by atoms with van der Waals surface area (Å²) >= 11 is 0. The quantitative estimate of drug-likeness (QED) is 0.672. The van der Waals surface area contributed by atoms with Crippen molar-refractivity contribution in [3.05, 3.63) is 69.0 Å². The van der Waals surface area contributed by atoms with E-state index in [0.29, 0.717) is 11.4 Å². The summed E-state index contributed by atoms with van der Waals surface area (Å²) in [5, 5.41) is 7.38. The Morgan fingerprint density at radius 1 is 1.00 bits per heavy atom. The summed E-state index contributed by atoms with van der Waals surface area (Å²) in [7, 11) is 0. The summed E-state index contributed by atoms with van der Waals surface area (Å²) in [5.41, 5.74) is -0.545. The van der Waals surface area contributed by atoms with Crippen LogP contribution in [0.15, 0.2) is 52.1 Å². The van der Waals surface area contributed by atoms with Gasteiger partial charge in [-0.05, 0) is 42.5 Å². The second kappa shape index (κ2) is 6.37. The standard InChI is InChI=1S/C16H12FN3O4/c17-9-1-4-11(5-2-9)24-8-14(21)18-10-3-6-12-13(7-10)16(23)20-19-15(12)22/h1-7H,8H2,(H,18,21)(H,19,22)(H,20,23). The summed E-state index contributed by atoms with van der Waals surface area (Å²) in [6.45, 7) is -0.282. The van der Waals surface area contributed by atoms with Crippen molar-refractivity contribution in [2.75, 3.05) is 11.9 Å². The molecule has 3 aromatic rings. The number of hydrogen-bond acceptors (Lipinski definition) is 4. The molecule has 1 aromatic heterocycles. The molecule has 2 aromatic carbocycles. The van der Waals surface area contributed by atoms with Crippen molar-refractivity contribution in [1.29, 1.82) is 0 Å². The molecule has 0 aliphatic heterocycles. The fourth-order valence-electron chi connectivity index (χ4n) is 2.13. The highest BCUT2D eigenvalue weighted by Crippen LogP contribution is 2.14. The third-order valence-corrected chi connectivity index (χ3v) is 3.27. The molecule has 24 heavy (non-hydrogen) atoms. The average Bonchev–Trinajstić information content (AvgIpc) is 2.58. The van der Waals surface area contributed by atoms with Gasteiger partial charge in [0.05, 0.1) is 10.8 Å². The number of aromatic amines is 2. The molecule has 3 rings (SSSR count). The van der Waals surface area contributed by atoms with Crippen LogP contribution in [0.3, 0.4) is 0 Å². The van der Waals surface area contributed by atoms with Crippen molar-refractivity contribution in [3.63, 3.8) is 0 Å². The van der Waals surface area contributed by atoms with Crippen LogP contribution in [0.4, 0.5) is 10.1 Å². The molecule has 0 aliphatic rings. The normalized spacial score (nSPS) is 10.5. The fourth-order valence-corrected chi connectivity index (χ4v) is 2.13. The number of benzene rings is 2. The highest BCUT2D eigenvalue weighted by atomic mass is 19.1. The lowest BCUT2D eigenvalue weighted by Crippen LogP contribution is -2.21. The summed E-state index contributed by atoms with van der Waals surface area (Å²) in [4.78, 5) is 35.2. The van der Waals surface area contributed by atoms with Crippen LogP contribution in [0.2, 0.25) is 0 Å². The number of carbonyl (C=O) groups is 1. The molecule has 0 unspecified atom stereocenters. The number of nitrogens with one attached hydrogen (secondary N) is 3. The lowest BCUT2D eigenvalue weighted by molar-refractivity contribution is -0.118. The van der Waals surface area contributed by atoms with Gasteiger partial charge in [-0.25, -0.2) is 4.39 Å². The topological polar surface area (TPSA) is 104 Å². The Hall–Kier alpha value is -3.42. The van der Waals surface area contributed by atoms with Gasteiger partial charge in [-0.3, -0.25) is 24.6 Å². The van der Waals surface area contributed by atoms with Crippen LogP contribution in [0.1, 0.15) is 0 Å². The van der Waals surface area contributed by atoms with E-state index in [1.807, 2.05) is 0 Å². The van der Waals surface area contributed by atoms with E-state index in [0.717, 1.165) is 0 Å². The molecule has 0 atom stereocenters. The number of aromatic nitrogens is 2. The molecule has 3 N–H and O–H groups in total. The number of amides is 1. The van der Waals surface area contributed by atoms with Gasteiger partial charge in [0.1, 0.15) is 11.6 Å². The molecular formula is C16H12FN3O4. The maximum Gasteiger partial charge on any atom is 0.270 e. The predicted molar refractivity (Wildman–Crippen MR) is 85.7 cm³/mol. The van der Waals surface area contributed by atoms with E-state index in [1.54, 1.807) is 0 Å². The molecule has 1 amide bonds. The van der Waals surface area contributed by atoms with Crippen molar-refractivity contribution < 1.29 is 13.9 Å². The molecule has 0 saturated heterocycles. The van der Waals surface area contributed by atoms with Gasteiger partial charge < -0.3 is 10.1 Å². The SMILES string of the molecule is O=C(COc1ccc(F)cc1)Nc1ccc2c(=O)[nH][nH]c(=O)c2c1. The minimum atomic E-state index is -0.469. The van der Waals surface area contributed by atoms with Gasteiger partial charge in [0.2, 0.25) is 0 Å². The van der Waals surface area contributed by atoms with E-state index in [-0.39, 0.29) is 17.4 Å². The second-order valence-corrected chi connectivity index (χ2v) is 4.96. The lowest BCUT2D eigenvalue weighted by atomic mass is 10.2. The molecule has 0 bridgehead atoms. The van der Waals surface area contributed by atoms with Crippen LogP contribution in [0, 0.1) is 5.82 Å². The summed E-state index contributed by atoms with van der Waals surface area (Å²) in [5.74, 6) is -0.504. The zero-order chi connectivity index (χ0) is 17.1. The second-order valence-electron chi connectivity index (χ2n) is 4.96. The number of ether oxygens (including phenoxy) is 1. The van der Waals surface area contributed by atoms with E-state index < -0.39 is 22.8 Å². The first-order valence-corrected chi connectivity index (χ1v) is 6.96. The van der Waals surface area contributed by atoms with Crippen LogP contribution >= 0.6 is 0 Å². The highest BCUT2D eigenvalue weighted by Gasteiger charge is 2.07. The van der Waals surface area contributed by atoms with Gasteiger partial charge in [0, 0.05) is 5.69 Å². The van der Waals surface area contributed by atoms with Crippen molar-refractivity contribution in [1.82, 2.24) is 10.2 Å². The van der Waals surface area contributed by atoms with E-state index in [2.05, 4.69) is 15.5 Å². The third kappa shape index (κ3) is 3.32. The van der Waals surface area contributed by atoms with Crippen molar-refractivity contribution in [2.24, 2.45) is 0 Å². The van der Waals surface area contributed by atoms with Crippen LogP contribution in [-0.4, -0.2) is 22.7 Å². The number of carbonyl (C=O) groups excluding carboxylic acids is 1. The van der Waals surface area contributed by atoms with Crippen molar-refractivity contribution in [3.8, 4) is 5.75 Å². The van der Waals surface area contributed by atoms with Gasteiger partial charge in [0.25, 0.3) is 17.0 Å². The first kappa shape index (κ1) is 15.5. The number of H-pyrrole nitrogens is 2. The van der Waals surface area contributed by atoms with Gasteiger partial charge in [-0.2, -0.15) is 0 Å². The average molecular weight is 329 g/mol. The number of fused-ring (bicyclic) bond motifs is 1. The molecule has 8 heteroatoms. The molecule has 0 saturated carbocycles. The molecule has 0 fully saturated rings. The predicted octanol–water partition coefficient (Wildman–Crippen LogP) is 1.37. The highest BCUT2D eigenvalue weighted by molar-refractivity contribution is 5.94. The molecule has 122 valence electrons. The first-order chi connectivity index (χ1) is 11.5. The van der Waals surface area contributed by atoms with Gasteiger partial charge >= 0.3 is 0 Å². The van der Waals surface area contributed by atoms with E-state index in [4.69, 9.17) is 4.74 Å². The lowest BCUT2D eigenvalue weighted by Gasteiger charge is -2.08. The molecule has 0 radical (unpaired) electrons. The minimum absolute atomic E-state index is 0.163. The smallest absolute Gasteiger partial charge is 0.270 e. The third-order valence-electron chi connectivity index (χ3n) is 3.27.